The van der Waals surface area contributed by atoms with E-state index < -0.39 is 0 Å². The Labute approximate surface area is 146 Å². The van der Waals surface area contributed by atoms with Crippen LogP contribution in [-0.4, -0.2) is 58.3 Å². The molecule has 3 rings (SSSR count). The average molecular weight is 339 g/mol. The number of rotatable bonds is 5. The summed E-state index contributed by atoms with van der Waals surface area (Å²) in [7, 11) is 0. The third kappa shape index (κ3) is 4.12. The molecule has 7 nitrogen and oxygen atoms in total. The van der Waals surface area contributed by atoms with Crippen LogP contribution >= 0.6 is 0 Å². The molecule has 0 bridgehead atoms. The van der Waals surface area contributed by atoms with Gasteiger partial charge in [-0.3, -0.25) is 9.59 Å². The molecule has 1 aliphatic rings. The summed E-state index contributed by atoms with van der Waals surface area (Å²) in [5.41, 5.74) is 2.62. The van der Waals surface area contributed by atoms with E-state index in [0.717, 1.165) is 18.5 Å². The number of aromatic nitrogens is 2. The van der Waals surface area contributed by atoms with Crippen LogP contribution in [0.4, 0.5) is 11.6 Å². The molecule has 1 aliphatic heterocycles. The van der Waals surface area contributed by atoms with Crippen LogP contribution in [0.1, 0.15) is 22.8 Å². The SMILES string of the molecule is CCc1ccc(Nc2ncc(C(=O)N3CCN(C=O)CC3)cn2)cc1. The Balaban J connectivity index is 1.61. The molecule has 2 heterocycles. The quantitative estimate of drug-likeness (QED) is 0.839. The van der Waals surface area contributed by atoms with Crippen molar-refractivity contribution in [3.63, 3.8) is 0 Å². The molecule has 0 atom stereocenters. The van der Waals surface area contributed by atoms with Crippen LogP contribution in [0.3, 0.4) is 0 Å². The molecule has 0 aliphatic carbocycles. The van der Waals surface area contributed by atoms with Crippen molar-refractivity contribution in [1.82, 2.24) is 19.8 Å². The second-order valence-electron chi connectivity index (χ2n) is 5.90. The van der Waals surface area contributed by atoms with E-state index in [1.807, 2.05) is 12.1 Å². The van der Waals surface area contributed by atoms with E-state index in [0.29, 0.717) is 37.7 Å². The number of amides is 2. The summed E-state index contributed by atoms with van der Waals surface area (Å²) in [4.78, 5) is 35.0. The zero-order valence-corrected chi connectivity index (χ0v) is 14.2. The standard InChI is InChI=1S/C18H21N5O2/c1-2-14-3-5-16(6-4-14)21-18-19-11-15(12-20-18)17(25)23-9-7-22(13-24)8-10-23/h3-6,11-13H,2,7-10H2,1H3,(H,19,20,21). The Morgan fingerprint density at radius 3 is 2.32 bits per heavy atom. The van der Waals surface area contributed by atoms with E-state index in [9.17, 15) is 9.59 Å². The molecule has 2 amide bonds. The van der Waals surface area contributed by atoms with Gasteiger partial charge in [-0.2, -0.15) is 0 Å². The maximum Gasteiger partial charge on any atom is 0.257 e. The normalized spacial score (nSPS) is 14.3. The lowest BCUT2D eigenvalue weighted by Crippen LogP contribution is -2.48. The van der Waals surface area contributed by atoms with Gasteiger partial charge in [0.05, 0.1) is 5.56 Å². The van der Waals surface area contributed by atoms with Gasteiger partial charge in [-0.05, 0) is 24.1 Å². The molecular weight excluding hydrogens is 318 g/mol. The predicted molar refractivity (Wildman–Crippen MR) is 94.7 cm³/mol. The van der Waals surface area contributed by atoms with E-state index >= 15 is 0 Å². The first kappa shape index (κ1) is 16.9. The monoisotopic (exact) mass is 339 g/mol. The molecule has 7 heteroatoms. The first-order chi connectivity index (χ1) is 12.2. The number of nitrogens with zero attached hydrogens (tertiary/aromatic N) is 4. The Morgan fingerprint density at radius 1 is 1.12 bits per heavy atom. The van der Waals surface area contributed by atoms with Crippen LogP contribution < -0.4 is 5.32 Å². The van der Waals surface area contributed by atoms with Crippen molar-refractivity contribution in [1.29, 1.82) is 0 Å². The highest BCUT2D eigenvalue weighted by atomic mass is 16.2. The largest absolute Gasteiger partial charge is 0.342 e. The van der Waals surface area contributed by atoms with Gasteiger partial charge in [0.15, 0.2) is 0 Å². The Morgan fingerprint density at radius 2 is 1.76 bits per heavy atom. The van der Waals surface area contributed by atoms with Gasteiger partial charge in [-0.15, -0.1) is 0 Å². The summed E-state index contributed by atoms with van der Waals surface area (Å²) in [5.74, 6) is 0.343. The van der Waals surface area contributed by atoms with Gasteiger partial charge in [-0.1, -0.05) is 19.1 Å². The van der Waals surface area contributed by atoms with E-state index in [1.54, 1.807) is 9.80 Å². The lowest BCUT2D eigenvalue weighted by Gasteiger charge is -2.32. The number of carbonyl (C=O) groups excluding carboxylic acids is 2. The van der Waals surface area contributed by atoms with Crippen molar-refractivity contribution in [3.05, 3.63) is 47.8 Å². The van der Waals surface area contributed by atoms with Gasteiger partial charge >= 0.3 is 0 Å². The maximum absolute atomic E-state index is 12.5. The Kier molecular flexibility index (Phi) is 5.23. The third-order valence-corrected chi connectivity index (χ3v) is 4.27. The second-order valence-corrected chi connectivity index (χ2v) is 5.90. The molecule has 1 fully saturated rings. The zero-order valence-electron chi connectivity index (χ0n) is 14.2. The number of hydrogen-bond acceptors (Lipinski definition) is 5. The smallest absolute Gasteiger partial charge is 0.257 e. The number of carbonyl (C=O) groups is 2. The summed E-state index contributed by atoms with van der Waals surface area (Å²) in [6, 6.07) is 8.07. The minimum Gasteiger partial charge on any atom is -0.342 e. The highest BCUT2D eigenvalue weighted by Gasteiger charge is 2.21. The summed E-state index contributed by atoms with van der Waals surface area (Å²) in [5, 5.41) is 3.12. The second kappa shape index (κ2) is 7.74. The first-order valence-electron chi connectivity index (χ1n) is 8.36. The van der Waals surface area contributed by atoms with Crippen LogP contribution in [0.15, 0.2) is 36.7 Å². The number of piperazine rings is 1. The van der Waals surface area contributed by atoms with Gasteiger partial charge in [-0.25, -0.2) is 9.97 Å². The van der Waals surface area contributed by atoms with Crippen molar-refractivity contribution < 1.29 is 9.59 Å². The highest BCUT2D eigenvalue weighted by molar-refractivity contribution is 5.93. The summed E-state index contributed by atoms with van der Waals surface area (Å²) >= 11 is 0. The van der Waals surface area contributed by atoms with E-state index in [2.05, 4.69) is 34.3 Å². The molecule has 1 saturated heterocycles. The number of anilines is 2. The lowest BCUT2D eigenvalue weighted by molar-refractivity contribution is -0.119. The van der Waals surface area contributed by atoms with Crippen molar-refractivity contribution in [2.75, 3.05) is 31.5 Å². The number of benzene rings is 1. The fourth-order valence-electron chi connectivity index (χ4n) is 2.67. The topological polar surface area (TPSA) is 78.4 Å². The van der Waals surface area contributed by atoms with Crippen LogP contribution in [0.5, 0.6) is 0 Å². The number of aryl methyl sites for hydroxylation is 1. The van der Waals surface area contributed by atoms with Crippen molar-refractivity contribution >= 4 is 24.0 Å². The zero-order chi connectivity index (χ0) is 17.6. The fourth-order valence-corrected chi connectivity index (χ4v) is 2.67. The van der Waals surface area contributed by atoms with E-state index in [-0.39, 0.29) is 5.91 Å². The first-order valence-corrected chi connectivity index (χ1v) is 8.36. The molecule has 0 spiro atoms. The van der Waals surface area contributed by atoms with Crippen molar-refractivity contribution in [3.8, 4) is 0 Å². The molecule has 0 unspecified atom stereocenters. The van der Waals surface area contributed by atoms with E-state index in [1.165, 1.54) is 18.0 Å². The summed E-state index contributed by atoms with van der Waals surface area (Å²) < 4.78 is 0. The molecule has 1 aromatic carbocycles. The molecule has 130 valence electrons. The maximum atomic E-state index is 12.5. The van der Waals surface area contributed by atoms with Gasteiger partial charge < -0.3 is 15.1 Å². The molecule has 2 aromatic rings. The van der Waals surface area contributed by atoms with Crippen LogP contribution in [0.2, 0.25) is 0 Å². The minimum atomic E-state index is -0.107. The molecule has 25 heavy (non-hydrogen) atoms. The van der Waals surface area contributed by atoms with Crippen molar-refractivity contribution in [2.45, 2.75) is 13.3 Å². The summed E-state index contributed by atoms with van der Waals surface area (Å²) in [6.45, 7) is 4.29. The van der Waals surface area contributed by atoms with Crippen LogP contribution in [-0.2, 0) is 11.2 Å². The van der Waals surface area contributed by atoms with E-state index in [4.69, 9.17) is 0 Å². The van der Waals surface area contributed by atoms with Gasteiger partial charge in [0, 0.05) is 44.3 Å². The van der Waals surface area contributed by atoms with Gasteiger partial charge in [0.2, 0.25) is 12.4 Å². The molecule has 1 N–H and O–H groups in total. The van der Waals surface area contributed by atoms with Crippen molar-refractivity contribution in [2.24, 2.45) is 0 Å². The highest BCUT2D eigenvalue weighted by Crippen LogP contribution is 2.15. The minimum absolute atomic E-state index is 0.107. The fraction of sp³-hybridized carbons (Fsp3) is 0.333. The lowest BCUT2D eigenvalue weighted by atomic mass is 10.1. The van der Waals surface area contributed by atoms with Crippen LogP contribution in [0.25, 0.3) is 0 Å². The Bertz CT molecular complexity index is 722. The Hall–Kier alpha value is -2.96. The molecular formula is C18H21N5O2. The predicted octanol–water partition coefficient (Wildman–Crippen LogP) is 1.70. The summed E-state index contributed by atoms with van der Waals surface area (Å²) in [6.07, 6.45) is 4.88. The number of nitrogens with one attached hydrogen (secondary N) is 1. The molecule has 1 aromatic heterocycles. The third-order valence-electron chi connectivity index (χ3n) is 4.27. The van der Waals surface area contributed by atoms with Crippen LogP contribution in [0, 0.1) is 0 Å². The van der Waals surface area contributed by atoms with Gasteiger partial charge in [0.25, 0.3) is 5.91 Å². The number of hydrogen-bond donors (Lipinski definition) is 1. The molecule has 0 radical (unpaired) electrons. The molecule has 0 saturated carbocycles. The van der Waals surface area contributed by atoms with Gasteiger partial charge in [0.1, 0.15) is 0 Å². The average Bonchev–Trinajstić information content (AvgIpc) is 2.69.